The highest BCUT2D eigenvalue weighted by Crippen LogP contribution is 2.45. The fourth-order valence-electron chi connectivity index (χ4n) is 5.64. The van der Waals surface area contributed by atoms with Crippen molar-refractivity contribution in [2.24, 2.45) is 11.8 Å². The highest BCUT2D eigenvalue weighted by atomic mass is 16.7. The number of aliphatic hydroxyl groups excluding tert-OH is 1. The van der Waals surface area contributed by atoms with Crippen molar-refractivity contribution < 1.29 is 9.94 Å². The lowest BCUT2D eigenvalue weighted by Gasteiger charge is -2.55. The van der Waals surface area contributed by atoms with Crippen molar-refractivity contribution in [1.29, 1.82) is 0 Å². The van der Waals surface area contributed by atoms with Crippen molar-refractivity contribution in [3.63, 3.8) is 0 Å². The summed E-state index contributed by atoms with van der Waals surface area (Å²) in [7, 11) is 0. The monoisotopic (exact) mass is 309 g/mol. The van der Waals surface area contributed by atoms with E-state index in [9.17, 15) is 5.11 Å². The minimum atomic E-state index is -0.210. The molecule has 3 aliphatic rings. The first-order valence-corrected chi connectivity index (χ1v) is 9.45. The molecule has 0 radical (unpaired) electrons. The van der Waals surface area contributed by atoms with Gasteiger partial charge in [0.2, 0.25) is 0 Å². The molecule has 0 aromatic carbocycles. The standard InChI is InChI=1S/C19H35NO2/c1-18(2)12-15(21)13-19(3,4)20(18)22-17-11-7-9-14-8-5-6-10-16(14)17/h14-17,21H,5-13H2,1-4H3. The molecule has 1 saturated heterocycles. The van der Waals surface area contributed by atoms with Crippen molar-refractivity contribution in [2.75, 3.05) is 0 Å². The Labute approximate surface area is 136 Å². The molecule has 1 aliphatic heterocycles. The molecule has 3 heteroatoms. The first-order valence-electron chi connectivity index (χ1n) is 9.45. The molecule has 128 valence electrons. The van der Waals surface area contributed by atoms with Gasteiger partial charge >= 0.3 is 0 Å². The van der Waals surface area contributed by atoms with Gasteiger partial charge in [-0.25, -0.2) is 0 Å². The van der Waals surface area contributed by atoms with Crippen LogP contribution in [0.2, 0.25) is 0 Å². The van der Waals surface area contributed by atoms with Gasteiger partial charge in [0.05, 0.1) is 12.2 Å². The molecule has 3 unspecified atom stereocenters. The Bertz CT molecular complexity index is 373. The van der Waals surface area contributed by atoms with Crippen LogP contribution in [0.4, 0.5) is 0 Å². The summed E-state index contributed by atoms with van der Waals surface area (Å²) in [5.41, 5.74) is -0.189. The van der Waals surface area contributed by atoms with Crippen molar-refractivity contribution >= 4 is 0 Å². The van der Waals surface area contributed by atoms with Gasteiger partial charge in [-0.2, -0.15) is 5.06 Å². The van der Waals surface area contributed by atoms with Crippen molar-refractivity contribution in [1.82, 2.24) is 5.06 Å². The zero-order valence-corrected chi connectivity index (χ0v) is 15.0. The summed E-state index contributed by atoms with van der Waals surface area (Å²) in [4.78, 5) is 6.70. The van der Waals surface area contributed by atoms with E-state index in [-0.39, 0.29) is 17.2 Å². The molecule has 0 aromatic rings. The van der Waals surface area contributed by atoms with Gasteiger partial charge in [0, 0.05) is 11.1 Å². The van der Waals surface area contributed by atoms with Crippen molar-refractivity contribution in [3.8, 4) is 0 Å². The maximum Gasteiger partial charge on any atom is 0.0824 e. The van der Waals surface area contributed by atoms with Gasteiger partial charge in [-0.3, -0.25) is 4.84 Å². The number of aliphatic hydroxyl groups is 1. The Morgan fingerprint density at radius 2 is 1.45 bits per heavy atom. The van der Waals surface area contributed by atoms with E-state index in [1.807, 2.05) is 0 Å². The van der Waals surface area contributed by atoms with Crippen LogP contribution in [0.25, 0.3) is 0 Å². The lowest BCUT2D eigenvalue weighted by atomic mass is 9.69. The highest BCUT2D eigenvalue weighted by Gasteiger charge is 2.48. The van der Waals surface area contributed by atoms with E-state index in [0.717, 1.165) is 24.7 Å². The second-order valence-corrected chi connectivity index (χ2v) is 9.26. The number of nitrogens with zero attached hydrogens (tertiary/aromatic N) is 1. The SMILES string of the molecule is CC1(C)CC(O)CC(C)(C)N1OC1CCCC2CCCCC21. The molecule has 22 heavy (non-hydrogen) atoms. The number of fused-ring (bicyclic) bond motifs is 1. The fraction of sp³-hybridized carbons (Fsp3) is 1.00. The van der Waals surface area contributed by atoms with Crippen LogP contribution in [0.15, 0.2) is 0 Å². The van der Waals surface area contributed by atoms with Gasteiger partial charge in [-0.05, 0) is 71.6 Å². The third-order valence-corrected chi connectivity index (χ3v) is 6.32. The van der Waals surface area contributed by atoms with Crippen LogP contribution in [0.3, 0.4) is 0 Å². The number of piperidine rings is 1. The summed E-state index contributed by atoms with van der Waals surface area (Å²) in [5, 5.41) is 12.5. The van der Waals surface area contributed by atoms with Crippen LogP contribution < -0.4 is 0 Å². The third kappa shape index (κ3) is 3.22. The zero-order valence-electron chi connectivity index (χ0n) is 15.0. The Hall–Kier alpha value is -0.120. The summed E-state index contributed by atoms with van der Waals surface area (Å²) in [5.74, 6) is 1.66. The smallest absolute Gasteiger partial charge is 0.0824 e. The summed E-state index contributed by atoms with van der Waals surface area (Å²) >= 11 is 0. The quantitative estimate of drug-likeness (QED) is 0.826. The maximum atomic E-state index is 10.2. The third-order valence-electron chi connectivity index (χ3n) is 6.32. The number of hydroxylamine groups is 2. The lowest BCUT2D eigenvalue weighted by Crippen LogP contribution is -2.63. The molecule has 1 N–H and O–H groups in total. The van der Waals surface area contributed by atoms with E-state index in [1.54, 1.807) is 0 Å². The molecule has 2 saturated carbocycles. The van der Waals surface area contributed by atoms with E-state index < -0.39 is 0 Å². The molecule has 3 rings (SSSR count). The minimum Gasteiger partial charge on any atom is -0.393 e. The van der Waals surface area contributed by atoms with E-state index in [2.05, 4.69) is 32.8 Å². The lowest BCUT2D eigenvalue weighted by molar-refractivity contribution is -0.328. The van der Waals surface area contributed by atoms with Gasteiger partial charge in [-0.15, -0.1) is 0 Å². The van der Waals surface area contributed by atoms with E-state index in [4.69, 9.17) is 4.84 Å². The number of hydrogen-bond acceptors (Lipinski definition) is 3. The Morgan fingerprint density at radius 1 is 0.864 bits per heavy atom. The van der Waals surface area contributed by atoms with Crippen LogP contribution in [0.1, 0.15) is 85.5 Å². The molecule has 0 amide bonds. The largest absolute Gasteiger partial charge is 0.393 e. The molecule has 1 heterocycles. The van der Waals surface area contributed by atoms with Gasteiger partial charge in [0.1, 0.15) is 0 Å². The second kappa shape index (κ2) is 6.07. The van der Waals surface area contributed by atoms with Gasteiger partial charge in [0.15, 0.2) is 0 Å². The normalized spacial score (nSPS) is 39.4. The molecule has 2 aliphatic carbocycles. The van der Waals surface area contributed by atoms with E-state index in [1.165, 1.54) is 44.9 Å². The molecule has 3 fully saturated rings. The van der Waals surface area contributed by atoms with Crippen LogP contribution in [-0.4, -0.2) is 33.5 Å². The minimum absolute atomic E-state index is 0.0945. The molecular weight excluding hydrogens is 274 g/mol. The summed E-state index contributed by atoms with van der Waals surface area (Å²) < 4.78 is 0. The summed E-state index contributed by atoms with van der Waals surface area (Å²) in [6.45, 7) is 8.88. The Balaban J connectivity index is 1.75. The fourth-order valence-corrected chi connectivity index (χ4v) is 5.64. The number of rotatable bonds is 2. The average Bonchev–Trinajstić information content (AvgIpc) is 2.41. The Morgan fingerprint density at radius 3 is 2.14 bits per heavy atom. The molecule has 3 atom stereocenters. The topological polar surface area (TPSA) is 32.7 Å². The predicted octanol–water partition coefficient (Wildman–Crippen LogP) is 4.29. The van der Waals surface area contributed by atoms with Crippen molar-refractivity contribution in [2.45, 2.75) is 109 Å². The maximum absolute atomic E-state index is 10.2. The van der Waals surface area contributed by atoms with E-state index >= 15 is 0 Å². The molecular formula is C19H35NO2. The summed E-state index contributed by atoms with van der Waals surface area (Å²) in [6.07, 6.45) is 11.3. The predicted molar refractivity (Wildman–Crippen MR) is 89.4 cm³/mol. The summed E-state index contributed by atoms with van der Waals surface area (Å²) in [6, 6.07) is 0. The van der Waals surface area contributed by atoms with Gasteiger partial charge in [0.25, 0.3) is 0 Å². The van der Waals surface area contributed by atoms with Gasteiger partial charge < -0.3 is 5.11 Å². The Kier molecular flexibility index (Phi) is 4.61. The second-order valence-electron chi connectivity index (χ2n) is 9.26. The van der Waals surface area contributed by atoms with Crippen molar-refractivity contribution in [3.05, 3.63) is 0 Å². The zero-order chi connectivity index (χ0) is 16.0. The molecule has 0 bridgehead atoms. The van der Waals surface area contributed by atoms with Gasteiger partial charge in [-0.1, -0.05) is 25.7 Å². The van der Waals surface area contributed by atoms with Crippen LogP contribution in [0, 0.1) is 11.8 Å². The molecule has 0 aromatic heterocycles. The molecule has 0 spiro atoms. The average molecular weight is 309 g/mol. The van der Waals surface area contributed by atoms with E-state index in [0.29, 0.717) is 6.10 Å². The highest BCUT2D eigenvalue weighted by molar-refractivity contribution is 4.97. The van der Waals surface area contributed by atoms with Crippen LogP contribution in [0.5, 0.6) is 0 Å². The van der Waals surface area contributed by atoms with Crippen LogP contribution in [-0.2, 0) is 4.84 Å². The van der Waals surface area contributed by atoms with Crippen LogP contribution >= 0.6 is 0 Å². The number of hydrogen-bond donors (Lipinski definition) is 1. The molecule has 3 nitrogen and oxygen atoms in total. The first-order chi connectivity index (χ1) is 10.3. The first kappa shape index (κ1) is 16.7.